The lowest BCUT2D eigenvalue weighted by Crippen LogP contribution is -2.09. The molecule has 0 aliphatic rings. The van der Waals surface area contributed by atoms with Crippen LogP contribution in [0.25, 0.3) is 10.8 Å². The number of anilines is 1. The van der Waals surface area contributed by atoms with Crippen molar-refractivity contribution in [2.24, 2.45) is 5.84 Å². The average Bonchev–Trinajstić information content (AvgIpc) is 2.69. The van der Waals surface area contributed by atoms with Crippen LogP contribution in [0.15, 0.2) is 17.6 Å². The molecular formula is C8H9N5S. The topological polar surface area (TPSA) is 76.7 Å². The van der Waals surface area contributed by atoms with Gasteiger partial charge in [0.25, 0.3) is 0 Å². The lowest BCUT2D eigenvalue weighted by molar-refractivity contribution is 1.09. The molecule has 6 heteroatoms. The molecular weight excluding hydrogens is 198 g/mol. The van der Waals surface area contributed by atoms with Crippen molar-refractivity contribution in [3.05, 3.63) is 23.3 Å². The van der Waals surface area contributed by atoms with Crippen molar-refractivity contribution < 1.29 is 0 Å². The summed E-state index contributed by atoms with van der Waals surface area (Å²) >= 11 is 1.50. The number of nitrogens with two attached hydrogens (primary N) is 1. The molecule has 0 bridgehead atoms. The minimum atomic E-state index is 0.600. The van der Waals surface area contributed by atoms with E-state index < -0.39 is 0 Å². The number of rotatable bonds is 2. The van der Waals surface area contributed by atoms with Crippen molar-refractivity contribution in [3.63, 3.8) is 0 Å². The second-order valence-electron chi connectivity index (χ2n) is 2.70. The zero-order chi connectivity index (χ0) is 9.97. The van der Waals surface area contributed by atoms with E-state index in [1.807, 2.05) is 12.3 Å². The standard InChI is InChI=1S/C8H9N5S/c1-5-4-6(13-9)12-7(11-5)8-10-2-3-14-8/h2-4H,9H2,1H3,(H,11,12,13). The summed E-state index contributed by atoms with van der Waals surface area (Å²) in [6, 6.07) is 1.77. The van der Waals surface area contributed by atoms with Gasteiger partial charge in [0.05, 0.1) is 0 Å². The van der Waals surface area contributed by atoms with Crippen LogP contribution in [0.5, 0.6) is 0 Å². The van der Waals surface area contributed by atoms with Crippen molar-refractivity contribution in [1.29, 1.82) is 0 Å². The molecule has 14 heavy (non-hydrogen) atoms. The van der Waals surface area contributed by atoms with Crippen LogP contribution in [0.2, 0.25) is 0 Å². The summed E-state index contributed by atoms with van der Waals surface area (Å²) in [5, 5.41) is 2.68. The number of hydrazine groups is 1. The normalized spacial score (nSPS) is 10.1. The fraction of sp³-hybridized carbons (Fsp3) is 0.125. The first-order valence-electron chi connectivity index (χ1n) is 4.02. The summed E-state index contributed by atoms with van der Waals surface area (Å²) in [5.74, 6) is 6.49. The van der Waals surface area contributed by atoms with Gasteiger partial charge in [-0.2, -0.15) is 0 Å². The van der Waals surface area contributed by atoms with E-state index in [1.165, 1.54) is 11.3 Å². The maximum absolute atomic E-state index is 5.28. The number of hydrogen-bond acceptors (Lipinski definition) is 6. The Kier molecular flexibility index (Phi) is 2.38. The van der Waals surface area contributed by atoms with Crippen LogP contribution in [0.1, 0.15) is 5.69 Å². The summed E-state index contributed by atoms with van der Waals surface area (Å²) in [6.07, 6.45) is 1.72. The Morgan fingerprint density at radius 1 is 1.43 bits per heavy atom. The van der Waals surface area contributed by atoms with Crippen molar-refractivity contribution in [2.75, 3.05) is 5.43 Å². The predicted molar refractivity (Wildman–Crippen MR) is 55.7 cm³/mol. The second kappa shape index (κ2) is 3.69. The molecule has 0 unspecified atom stereocenters. The van der Waals surface area contributed by atoms with Crippen molar-refractivity contribution in [2.45, 2.75) is 6.92 Å². The first kappa shape index (κ1) is 9.04. The third kappa shape index (κ3) is 1.70. The van der Waals surface area contributed by atoms with Gasteiger partial charge < -0.3 is 5.43 Å². The molecule has 0 radical (unpaired) electrons. The molecule has 72 valence electrons. The Labute approximate surface area is 85.0 Å². The van der Waals surface area contributed by atoms with Gasteiger partial charge in [-0.25, -0.2) is 20.8 Å². The van der Waals surface area contributed by atoms with Gasteiger partial charge in [0.1, 0.15) is 5.82 Å². The highest BCUT2D eigenvalue weighted by Crippen LogP contribution is 2.19. The van der Waals surface area contributed by atoms with Gasteiger partial charge in [-0.3, -0.25) is 0 Å². The van der Waals surface area contributed by atoms with E-state index in [1.54, 1.807) is 12.3 Å². The van der Waals surface area contributed by atoms with E-state index in [0.717, 1.165) is 10.7 Å². The van der Waals surface area contributed by atoms with Crippen LogP contribution < -0.4 is 11.3 Å². The van der Waals surface area contributed by atoms with Crippen LogP contribution >= 0.6 is 11.3 Å². The molecule has 2 heterocycles. The number of thiazole rings is 1. The van der Waals surface area contributed by atoms with Crippen molar-refractivity contribution in [1.82, 2.24) is 15.0 Å². The lowest BCUT2D eigenvalue weighted by Gasteiger charge is -2.02. The summed E-state index contributed by atoms with van der Waals surface area (Å²) in [5.41, 5.74) is 3.36. The number of nitrogens with zero attached hydrogens (tertiary/aromatic N) is 3. The highest BCUT2D eigenvalue weighted by molar-refractivity contribution is 7.12. The summed E-state index contributed by atoms with van der Waals surface area (Å²) < 4.78 is 0. The molecule has 0 aliphatic carbocycles. The maximum atomic E-state index is 5.28. The van der Waals surface area contributed by atoms with Gasteiger partial charge in [0.2, 0.25) is 0 Å². The second-order valence-corrected chi connectivity index (χ2v) is 3.59. The smallest absolute Gasteiger partial charge is 0.190 e. The highest BCUT2D eigenvalue weighted by Gasteiger charge is 2.05. The third-order valence-corrected chi connectivity index (χ3v) is 2.39. The Morgan fingerprint density at radius 3 is 2.93 bits per heavy atom. The molecule has 0 aliphatic heterocycles. The quantitative estimate of drug-likeness (QED) is 0.571. The van der Waals surface area contributed by atoms with Gasteiger partial charge in [-0.1, -0.05) is 0 Å². The van der Waals surface area contributed by atoms with E-state index in [4.69, 9.17) is 5.84 Å². The predicted octanol–water partition coefficient (Wildman–Crippen LogP) is 1.19. The largest absolute Gasteiger partial charge is 0.308 e. The Bertz CT molecular complexity index is 425. The van der Waals surface area contributed by atoms with Crippen LogP contribution in [0.3, 0.4) is 0 Å². The number of hydrogen-bond donors (Lipinski definition) is 2. The first-order valence-corrected chi connectivity index (χ1v) is 4.90. The van der Waals surface area contributed by atoms with Gasteiger partial charge >= 0.3 is 0 Å². The minimum absolute atomic E-state index is 0.600. The minimum Gasteiger partial charge on any atom is -0.308 e. The van der Waals surface area contributed by atoms with E-state index in [0.29, 0.717) is 11.6 Å². The molecule has 2 rings (SSSR count). The Balaban J connectivity index is 2.48. The molecule has 2 aromatic rings. The van der Waals surface area contributed by atoms with E-state index >= 15 is 0 Å². The molecule has 2 aromatic heterocycles. The fourth-order valence-electron chi connectivity index (χ4n) is 1.07. The van der Waals surface area contributed by atoms with Gasteiger partial charge in [-0.15, -0.1) is 11.3 Å². The summed E-state index contributed by atoms with van der Waals surface area (Å²) in [6.45, 7) is 1.89. The SMILES string of the molecule is Cc1cc(NN)nc(-c2nccs2)n1. The first-order chi connectivity index (χ1) is 6.79. The van der Waals surface area contributed by atoms with Gasteiger partial charge in [-0.05, 0) is 6.92 Å². The monoisotopic (exact) mass is 207 g/mol. The molecule has 0 aromatic carbocycles. The number of nitrogen functional groups attached to an aromatic ring is 1. The summed E-state index contributed by atoms with van der Waals surface area (Å²) in [4.78, 5) is 12.6. The molecule has 0 amide bonds. The molecule has 5 nitrogen and oxygen atoms in total. The zero-order valence-corrected chi connectivity index (χ0v) is 8.38. The Morgan fingerprint density at radius 2 is 2.29 bits per heavy atom. The average molecular weight is 207 g/mol. The van der Waals surface area contributed by atoms with E-state index in [-0.39, 0.29) is 0 Å². The van der Waals surface area contributed by atoms with Crippen molar-refractivity contribution >= 4 is 17.2 Å². The summed E-state index contributed by atoms with van der Waals surface area (Å²) in [7, 11) is 0. The number of aromatic nitrogens is 3. The van der Waals surface area contributed by atoms with Gasteiger partial charge in [0.15, 0.2) is 10.8 Å². The van der Waals surface area contributed by atoms with E-state index in [9.17, 15) is 0 Å². The van der Waals surface area contributed by atoms with Crippen LogP contribution in [-0.4, -0.2) is 15.0 Å². The fourth-order valence-corrected chi connectivity index (χ4v) is 1.64. The maximum Gasteiger partial charge on any atom is 0.190 e. The molecule has 3 N–H and O–H groups in total. The molecule has 0 atom stereocenters. The van der Waals surface area contributed by atoms with Crippen LogP contribution in [0.4, 0.5) is 5.82 Å². The molecule has 0 fully saturated rings. The molecule has 0 saturated carbocycles. The third-order valence-electron chi connectivity index (χ3n) is 1.63. The van der Waals surface area contributed by atoms with Gasteiger partial charge in [0, 0.05) is 23.3 Å². The molecule has 0 spiro atoms. The number of aryl methyl sites for hydroxylation is 1. The molecule has 0 saturated heterocycles. The highest BCUT2D eigenvalue weighted by atomic mass is 32.1. The lowest BCUT2D eigenvalue weighted by atomic mass is 10.4. The van der Waals surface area contributed by atoms with Crippen molar-refractivity contribution in [3.8, 4) is 10.8 Å². The number of nitrogens with one attached hydrogen (secondary N) is 1. The van der Waals surface area contributed by atoms with E-state index in [2.05, 4.69) is 20.4 Å². The Hall–Kier alpha value is -1.53. The van der Waals surface area contributed by atoms with Crippen LogP contribution in [-0.2, 0) is 0 Å². The van der Waals surface area contributed by atoms with Crippen LogP contribution in [0, 0.1) is 6.92 Å². The zero-order valence-electron chi connectivity index (χ0n) is 7.56.